The zero-order valence-corrected chi connectivity index (χ0v) is 16.5. The van der Waals surface area contributed by atoms with Crippen LogP contribution in [0.1, 0.15) is 27.7 Å². The van der Waals surface area contributed by atoms with Crippen molar-refractivity contribution in [1.29, 1.82) is 0 Å². The molecule has 0 spiro atoms. The van der Waals surface area contributed by atoms with Crippen molar-refractivity contribution in [3.05, 3.63) is 0 Å². The van der Waals surface area contributed by atoms with E-state index >= 15 is 0 Å². The van der Waals surface area contributed by atoms with Gasteiger partial charge >= 0.3 is 7.67 Å². The summed E-state index contributed by atoms with van der Waals surface area (Å²) in [7, 11) is -3.04. The van der Waals surface area contributed by atoms with Crippen molar-refractivity contribution < 1.29 is 32.8 Å². The lowest BCUT2D eigenvalue weighted by molar-refractivity contribution is -0.230. The van der Waals surface area contributed by atoms with Crippen LogP contribution < -0.4 is 0 Å². The summed E-state index contributed by atoms with van der Waals surface area (Å²) in [6.07, 6.45) is -2.35. The molecule has 5 atom stereocenters. The zero-order chi connectivity index (χ0) is 18.3. The van der Waals surface area contributed by atoms with Gasteiger partial charge in [0.15, 0.2) is 17.9 Å². The van der Waals surface area contributed by atoms with Crippen LogP contribution in [-0.4, -0.2) is 84.4 Å². The van der Waals surface area contributed by atoms with Crippen molar-refractivity contribution in [1.82, 2.24) is 9.34 Å². The fourth-order valence-corrected chi connectivity index (χ4v) is 6.24. The van der Waals surface area contributed by atoms with Gasteiger partial charge in [-0.2, -0.15) is 0 Å². The van der Waals surface area contributed by atoms with Gasteiger partial charge in [-0.1, -0.05) is 0 Å². The molecule has 0 aliphatic carbocycles. The molecule has 9 nitrogen and oxygen atoms in total. The van der Waals surface area contributed by atoms with Gasteiger partial charge in [0, 0.05) is 26.2 Å². The van der Waals surface area contributed by atoms with Gasteiger partial charge < -0.3 is 23.7 Å². The standard InChI is InChI=1S/C16H27N2O7P/c1-15(2)20-9-10(22-15)11-12(13-14(21-11)24-16(3,4)23-13)25-26(19,17-5-6-17)18-7-8-18/h10-14H,5-9H2,1-4H3/t10-,11-,12+,13-,14-/m1/s1. The van der Waals surface area contributed by atoms with Crippen LogP contribution in [0.2, 0.25) is 0 Å². The summed E-state index contributed by atoms with van der Waals surface area (Å²) >= 11 is 0. The minimum atomic E-state index is -3.04. The van der Waals surface area contributed by atoms with E-state index in [4.69, 9.17) is 28.2 Å². The number of nitrogens with zero attached hydrogens (tertiary/aromatic N) is 2. The summed E-state index contributed by atoms with van der Waals surface area (Å²) in [6.45, 7) is 11.0. The first-order chi connectivity index (χ1) is 12.2. The predicted molar refractivity (Wildman–Crippen MR) is 89.2 cm³/mol. The number of hydrogen-bond donors (Lipinski definition) is 0. The molecule has 5 saturated heterocycles. The van der Waals surface area contributed by atoms with E-state index < -0.39 is 43.8 Å². The summed E-state index contributed by atoms with van der Waals surface area (Å²) in [5, 5.41) is 0. The first-order valence-electron chi connectivity index (χ1n) is 9.29. The topological polar surface area (TPSA) is 78.5 Å². The molecule has 0 aromatic rings. The van der Waals surface area contributed by atoms with Crippen LogP contribution in [0.15, 0.2) is 0 Å². The zero-order valence-electron chi connectivity index (χ0n) is 15.6. The van der Waals surface area contributed by atoms with Gasteiger partial charge in [0.2, 0.25) is 0 Å². The third kappa shape index (κ3) is 3.07. The van der Waals surface area contributed by atoms with Gasteiger partial charge in [0.05, 0.1) is 6.61 Å². The molecule has 5 aliphatic rings. The maximum absolute atomic E-state index is 13.5. The Morgan fingerprint density at radius 3 is 2.12 bits per heavy atom. The monoisotopic (exact) mass is 390 g/mol. The van der Waals surface area contributed by atoms with Crippen molar-refractivity contribution in [2.75, 3.05) is 32.8 Å². The molecule has 0 N–H and O–H groups in total. The van der Waals surface area contributed by atoms with Gasteiger partial charge in [0.1, 0.15) is 24.4 Å². The molecule has 5 heterocycles. The Kier molecular flexibility index (Phi) is 3.95. The largest absolute Gasteiger partial charge is 0.348 e. The van der Waals surface area contributed by atoms with E-state index in [-0.39, 0.29) is 6.10 Å². The van der Waals surface area contributed by atoms with Crippen LogP contribution in [0, 0.1) is 0 Å². The minimum absolute atomic E-state index is 0.326. The van der Waals surface area contributed by atoms with Crippen molar-refractivity contribution in [3.8, 4) is 0 Å². The van der Waals surface area contributed by atoms with Crippen LogP contribution in [-0.2, 0) is 32.8 Å². The highest BCUT2D eigenvalue weighted by atomic mass is 31.2. The molecule has 0 aromatic heterocycles. The lowest BCUT2D eigenvalue weighted by atomic mass is 10.1. The van der Waals surface area contributed by atoms with Gasteiger partial charge in [-0.3, -0.25) is 9.09 Å². The van der Waals surface area contributed by atoms with Gasteiger partial charge in [0.25, 0.3) is 0 Å². The van der Waals surface area contributed by atoms with Crippen molar-refractivity contribution in [2.24, 2.45) is 0 Å². The van der Waals surface area contributed by atoms with E-state index in [2.05, 4.69) is 0 Å². The lowest BCUT2D eigenvalue weighted by Crippen LogP contribution is -2.44. The summed E-state index contributed by atoms with van der Waals surface area (Å²) in [4.78, 5) is 0. The van der Waals surface area contributed by atoms with Crippen LogP contribution in [0.4, 0.5) is 0 Å². The Morgan fingerprint density at radius 1 is 0.923 bits per heavy atom. The lowest BCUT2D eigenvalue weighted by Gasteiger charge is -2.31. The van der Waals surface area contributed by atoms with E-state index in [9.17, 15) is 4.57 Å². The van der Waals surface area contributed by atoms with Crippen molar-refractivity contribution in [3.63, 3.8) is 0 Å². The molecule has 148 valence electrons. The van der Waals surface area contributed by atoms with Crippen molar-refractivity contribution in [2.45, 2.75) is 70.0 Å². The molecule has 0 radical (unpaired) electrons. The first-order valence-corrected chi connectivity index (χ1v) is 10.8. The van der Waals surface area contributed by atoms with Crippen LogP contribution >= 0.6 is 7.67 Å². The first kappa shape index (κ1) is 18.0. The Hall–Kier alpha value is -0.0900. The number of fused-ring (bicyclic) bond motifs is 1. The second-order valence-electron chi connectivity index (χ2n) is 8.40. The van der Waals surface area contributed by atoms with E-state index in [0.29, 0.717) is 6.61 Å². The SMILES string of the molecule is CC1(C)O[C@H]2O[C@H]([C@H]3COC(C)(C)O3)[C@H](OP(=O)(N3CC3)N3CC3)[C@H]2O1. The molecule has 0 bridgehead atoms. The Bertz CT molecular complexity index is 620. The smallest absolute Gasteiger partial charge is 0.346 e. The van der Waals surface area contributed by atoms with E-state index in [1.807, 2.05) is 37.0 Å². The molecule has 26 heavy (non-hydrogen) atoms. The fraction of sp³-hybridized carbons (Fsp3) is 1.00. The van der Waals surface area contributed by atoms with Crippen LogP contribution in [0.3, 0.4) is 0 Å². The highest BCUT2D eigenvalue weighted by Gasteiger charge is 2.62. The highest BCUT2D eigenvalue weighted by molar-refractivity contribution is 7.54. The van der Waals surface area contributed by atoms with E-state index in [1.54, 1.807) is 0 Å². The summed E-state index contributed by atoms with van der Waals surface area (Å²) in [5.41, 5.74) is 0. The van der Waals surface area contributed by atoms with E-state index in [1.165, 1.54) is 0 Å². The summed E-state index contributed by atoms with van der Waals surface area (Å²) in [6, 6.07) is 0. The predicted octanol–water partition coefficient (Wildman–Crippen LogP) is 1.14. The second kappa shape index (κ2) is 5.72. The van der Waals surface area contributed by atoms with Crippen LogP contribution in [0.5, 0.6) is 0 Å². The third-order valence-electron chi connectivity index (χ3n) is 5.24. The van der Waals surface area contributed by atoms with Crippen molar-refractivity contribution >= 4 is 7.67 Å². The quantitative estimate of drug-likeness (QED) is 0.507. The molecule has 0 amide bonds. The number of rotatable bonds is 5. The molecule has 0 saturated carbocycles. The molecular formula is C16H27N2O7P. The Balaban J connectivity index is 1.41. The molecule has 5 aliphatic heterocycles. The molecule has 5 rings (SSSR count). The highest BCUT2D eigenvalue weighted by Crippen LogP contribution is 2.63. The molecule has 10 heteroatoms. The molecule has 0 unspecified atom stereocenters. The molecular weight excluding hydrogens is 363 g/mol. The van der Waals surface area contributed by atoms with E-state index in [0.717, 1.165) is 26.2 Å². The fourth-order valence-electron chi connectivity index (χ4n) is 3.87. The number of ether oxygens (including phenoxy) is 5. The van der Waals surface area contributed by atoms with Gasteiger partial charge in [-0.15, -0.1) is 0 Å². The van der Waals surface area contributed by atoms with Gasteiger partial charge in [-0.05, 0) is 27.7 Å². The maximum atomic E-state index is 13.5. The average molecular weight is 390 g/mol. The van der Waals surface area contributed by atoms with Gasteiger partial charge in [-0.25, -0.2) is 9.34 Å². The molecule has 0 aromatic carbocycles. The third-order valence-corrected chi connectivity index (χ3v) is 7.99. The second-order valence-corrected chi connectivity index (χ2v) is 10.7. The number of hydrogen-bond acceptors (Lipinski definition) is 7. The van der Waals surface area contributed by atoms with Crippen LogP contribution in [0.25, 0.3) is 0 Å². The maximum Gasteiger partial charge on any atom is 0.346 e. The normalized spacial score (nSPS) is 44.4. The Morgan fingerprint density at radius 2 is 1.58 bits per heavy atom. The summed E-state index contributed by atoms with van der Waals surface area (Å²) < 4.78 is 53.3. The molecule has 5 fully saturated rings. The summed E-state index contributed by atoms with van der Waals surface area (Å²) in [5.74, 6) is -1.45. The Labute approximate surface area is 153 Å². The average Bonchev–Trinajstić information content (AvgIpc) is 3.43. The minimum Gasteiger partial charge on any atom is -0.348 e.